The Bertz CT molecular complexity index is 952. The molecule has 33 heavy (non-hydrogen) atoms. The minimum atomic E-state index is -4.53. The molecule has 0 aliphatic carbocycles. The van der Waals surface area contributed by atoms with Gasteiger partial charge in [0.1, 0.15) is 11.9 Å². The van der Waals surface area contributed by atoms with Crippen LogP contribution in [0, 0.1) is 5.92 Å². The van der Waals surface area contributed by atoms with Crippen molar-refractivity contribution in [2.45, 2.75) is 45.3 Å². The van der Waals surface area contributed by atoms with Crippen molar-refractivity contribution >= 4 is 23.3 Å². The van der Waals surface area contributed by atoms with Crippen LogP contribution in [-0.2, 0) is 15.8 Å². The summed E-state index contributed by atoms with van der Waals surface area (Å²) in [4.78, 5) is 33.3. The molecule has 1 saturated heterocycles. The average Bonchev–Trinajstić information content (AvgIpc) is 2.82. The Labute approximate surface area is 191 Å². The van der Waals surface area contributed by atoms with Crippen LogP contribution < -0.4 is 10.2 Å². The van der Waals surface area contributed by atoms with E-state index in [2.05, 4.69) is 10.3 Å². The number of para-hydroxylation sites is 1. The van der Waals surface area contributed by atoms with E-state index in [0.717, 1.165) is 6.07 Å². The Hall–Kier alpha value is -3.10. The van der Waals surface area contributed by atoms with Gasteiger partial charge in [-0.1, -0.05) is 25.1 Å². The molecule has 0 bridgehead atoms. The predicted octanol–water partition coefficient (Wildman–Crippen LogP) is 4.58. The van der Waals surface area contributed by atoms with E-state index in [-0.39, 0.29) is 24.2 Å². The summed E-state index contributed by atoms with van der Waals surface area (Å²) in [5, 5.41) is 2.82. The molecule has 9 heteroatoms. The van der Waals surface area contributed by atoms with Crippen molar-refractivity contribution in [2.75, 3.05) is 29.9 Å². The molecule has 1 N–H and O–H groups in total. The van der Waals surface area contributed by atoms with Gasteiger partial charge in [0.05, 0.1) is 11.5 Å². The van der Waals surface area contributed by atoms with Gasteiger partial charge in [-0.2, -0.15) is 13.2 Å². The quantitative estimate of drug-likeness (QED) is 0.654. The molecule has 1 aromatic heterocycles. The second-order valence-corrected chi connectivity index (χ2v) is 8.22. The number of benzene rings is 1. The minimum Gasteiger partial charge on any atom is -0.355 e. The number of aromatic nitrogens is 1. The molecule has 2 heterocycles. The Morgan fingerprint density at radius 1 is 1.21 bits per heavy atom. The van der Waals surface area contributed by atoms with E-state index >= 15 is 0 Å². The topological polar surface area (TPSA) is 65.5 Å². The molecule has 1 aliphatic rings. The zero-order valence-corrected chi connectivity index (χ0v) is 18.8. The molecule has 2 unspecified atom stereocenters. The van der Waals surface area contributed by atoms with E-state index in [4.69, 9.17) is 0 Å². The van der Waals surface area contributed by atoms with Crippen LogP contribution in [0.2, 0.25) is 0 Å². The van der Waals surface area contributed by atoms with Gasteiger partial charge in [-0.25, -0.2) is 4.98 Å². The van der Waals surface area contributed by atoms with Gasteiger partial charge in [0.25, 0.3) is 0 Å². The van der Waals surface area contributed by atoms with Crippen molar-refractivity contribution in [1.82, 2.24) is 9.88 Å². The zero-order valence-electron chi connectivity index (χ0n) is 18.8. The summed E-state index contributed by atoms with van der Waals surface area (Å²) in [5.74, 6) is -1.19. The number of rotatable bonds is 7. The number of hydrogen-bond acceptors (Lipinski definition) is 4. The SMILES string of the molecule is CCCN(C(=O)C1CCCN(c2ncccc2C(F)(F)F)C1)C(C)C(=O)Nc1ccccc1. The van der Waals surface area contributed by atoms with E-state index in [1.165, 1.54) is 22.1 Å². The molecule has 0 radical (unpaired) electrons. The molecule has 0 saturated carbocycles. The summed E-state index contributed by atoms with van der Waals surface area (Å²) < 4.78 is 40.4. The number of halogens is 3. The van der Waals surface area contributed by atoms with E-state index in [0.29, 0.717) is 38.0 Å². The molecule has 1 aromatic carbocycles. The maximum Gasteiger partial charge on any atom is 0.419 e. The number of carbonyl (C=O) groups excluding carboxylic acids is 2. The third-order valence-electron chi connectivity index (χ3n) is 5.80. The molecule has 1 fully saturated rings. The van der Waals surface area contributed by atoms with Crippen LogP contribution in [0.25, 0.3) is 0 Å². The van der Waals surface area contributed by atoms with E-state index in [1.807, 2.05) is 13.0 Å². The first-order valence-electron chi connectivity index (χ1n) is 11.2. The lowest BCUT2D eigenvalue weighted by Gasteiger charge is -2.37. The number of amides is 2. The van der Waals surface area contributed by atoms with Crippen LogP contribution in [-0.4, -0.2) is 47.4 Å². The number of carbonyl (C=O) groups is 2. The lowest BCUT2D eigenvalue weighted by molar-refractivity contribution is -0.142. The van der Waals surface area contributed by atoms with Crippen LogP contribution in [0.15, 0.2) is 48.7 Å². The standard InChI is InChI=1S/C24H29F3N4O2/c1-3-14-31(17(2)22(32)29-19-10-5-4-6-11-19)23(33)18-9-8-15-30(16-18)21-20(24(25,26)27)12-7-13-28-21/h4-7,10-13,17-18H,3,8-9,14-16H2,1-2H3,(H,29,32). The predicted molar refractivity (Wildman–Crippen MR) is 121 cm³/mol. The van der Waals surface area contributed by atoms with Crippen molar-refractivity contribution in [3.05, 3.63) is 54.2 Å². The fraction of sp³-hybridized carbons (Fsp3) is 0.458. The molecule has 1 aliphatic heterocycles. The largest absolute Gasteiger partial charge is 0.419 e. The van der Waals surface area contributed by atoms with Gasteiger partial charge < -0.3 is 15.1 Å². The second kappa shape index (κ2) is 10.7. The van der Waals surface area contributed by atoms with Crippen molar-refractivity contribution < 1.29 is 22.8 Å². The fourth-order valence-corrected chi connectivity index (χ4v) is 4.12. The molecular weight excluding hydrogens is 433 g/mol. The molecule has 2 aromatic rings. The molecule has 6 nitrogen and oxygen atoms in total. The van der Waals surface area contributed by atoms with Crippen LogP contribution in [0.5, 0.6) is 0 Å². The number of nitrogens with zero attached hydrogens (tertiary/aromatic N) is 3. The molecule has 3 rings (SSSR count). The van der Waals surface area contributed by atoms with Crippen molar-refractivity contribution in [3.63, 3.8) is 0 Å². The Balaban J connectivity index is 1.75. The van der Waals surface area contributed by atoms with Gasteiger partial charge in [-0.05, 0) is 50.5 Å². The summed E-state index contributed by atoms with van der Waals surface area (Å²) in [6.07, 6.45) is -1.43. The lowest BCUT2D eigenvalue weighted by atomic mass is 9.95. The first kappa shape index (κ1) is 24.5. The third kappa shape index (κ3) is 6.03. The smallest absolute Gasteiger partial charge is 0.355 e. The van der Waals surface area contributed by atoms with Gasteiger partial charge in [0.2, 0.25) is 11.8 Å². The average molecular weight is 463 g/mol. The number of piperidine rings is 1. The van der Waals surface area contributed by atoms with E-state index in [1.54, 1.807) is 31.2 Å². The van der Waals surface area contributed by atoms with Crippen molar-refractivity contribution in [2.24, 2.45) is 5.92 Å². The van der Waals surface area contributed by atoms with Gasteiger partial charge in [0.15, 0.2) is 0 Å². The fourth-order valence-electron chi connectivity index (χ4n) is 4.12. The monoisotopic (exact) mass is 462 g/mol. The van der Waals surface area contributed by atoms with Crippen molar-refractivity contribution in [1.29, 1.82) is 0 Å². The highest BCUT2D eigenvalue weighted by molar-refractivity contribution is 5.97. The van der Waals surface area contributed by atoms with Crippen molar-refractivity contribution in [3.8, 4) is 0 Å². The molecule has 0 spiro atoms. The lowest BCUT2D eigenvalue weighted by Crippen LogP contribution is -2.51. The first-order valence-corrected chi connectivity index (χ1v) is 11.2. The van der Waals surface area contributed by atoms with Gasteiger partial charge in [-0.3, -0.25) is 9.59 Å². The number of hydrogen-bond donors (Lipinski definition) is 1. The maximum absolute atomic E-state index is 13.5. The van der Waals surface area contributed by atoms with Crippen LogP contribution in [0.4, 0.5) is 24.7 Å². The summed E-state index contributed by atoms with van der Waals surface area (Å²) >= 11 is 0. The first-order chi connectivity index (χ1) is 15.7. The van der Waals surface area contributed by atoms with Crippen LogP contribution in [0.3, 0.4) is 0 Å². The number of alkyl halides is 3. The minimum absolute atomic E-state index is 0.131. The number of pyridine rings is 1. The van der Waals surface area contributed by atoms with Gasteiger partial charge >= 0.3 is 6.18 Å². The molecule has 178 valence electrons. The summed E-state index contributed by atoms with van der Waals surface area (Å²) in [7, 11) is 0. The second-order valence-electron chi connectivity index (χ2n) is 8.22. The Morgan fingerprint density at radius 3 is 2.61 bits per heavy atom. The highest BCUT2D eigenvalue weighted by Gasteiger charge is 2.38. The highest BCUT2D eigenvalue weighted by Crippen LogP contribution is 2.36. The molecule has 2 amide bonds. The summed E-state index contributed by atoms with van der Waals surface area (Å²) in [5.41, 5.74) is -0.170. The van der Waals surface area contributed by atoms with E-state index < -0.39 is 23.7 Å². The highest BCUT2D eigenvalue weighted by atomic mass is 19.4. The number of anilines is 2. The number of nitrogens with one attached hydrogen (secondary N) is 1. The summed E-state index contributed by atoms with van der Waals surface area (Å²) in [6.45, 7) is 4.50. The van der Waals surface area contributed by atoms with Gasteiger partial charge in [-0.15, -0.1) is 0 Å². The van der Waals surface area contributed by atoms with Gasteiger partial charge in [0, 0.05) is 31.5 Å². The van der Waals surface area contributed by atoms with Crippen LogP contribution in [0.1, 0.15) is 38.7 Å². The Kier molecular flexibility index (Phi) is 7.94. The normalized spacial score (nSPS) is 17.4. The molecule has 2 atom stereocenters. The van der Waals surface area contributed by atoms with Crippen LogP contribution >= 0.6 is 0 Å². The zero-order chi connectivity index (χ0) is 24.0. The summed E-state index contributed by atoms with van der Waals surface area (Å²) in [6, 6.07) is 10.5. The van der Waals surface area contributed by atoms with E-state index in [9.17, 15) is 22.8 Å². The molecular formula is C24H29F3N4O2. The third-order valence-corrected chi connectivity index (χ3v) is 5.80. The Morgan fingerprint density at radius 2 is 1.94 bits per heavy atom. The maximum atomic E-state index is 13.5.